The molecule has 2 aliphatic heterocycles. The zero-order chi connectivity index (χ0) is 21.8. The summed E-state index contributed by atoms with van der Waals surface area (Å²) >= 11 is 0. The molecule has 31 heavy (non-hydrogen) atoms. The van der Waals surface area contributed by atoms with Gasteiger partial charge in [0.15, 0.2) is 0 Å². The van der Waals surface area contributed by atoms with Gasteiger partial charge < -0.3 is 20.6 Å². The van der Waals surface area contributed by atoms with Crippen LogP contribution in [0.5, 0.6) is 0 Å². The summed E-state index contributed by atoms with van der Waals surface area (Å²) in [6.07, 6.45) is -0.861. The molecule has 0 saturated carbocycles. The molecule has 0 aliphatic carbocycles. The van der Waals surface area contributed by atoms with Crippen LogP contribution in [-0.2, 0) is 12.5 Å². The van der Waals surface area contributed by atoms with Gasteiger partial charge in [-0.1, -0.05) is 35.9 Å². The number of nitrogens with two attached hydrogens (primary N) is 1. The number of alkyl halides is 2. The molecule has 1 saturated heterocycles. The predicted molar refractivity (Wildman–Crippen MR) is 119 cm³/mol. The summed E-state index contributed by atoms with van der Waals surface area (Å²) in [5.74, 6) is -2.21. The molecular formula is C24H26F2N4O. The molecule has 1 aromatic heterocycles. The number of β-amino-alcohol motifs (C(OH)–C–C–N with tert-alkyl or cyclic N) is 1. The van der Waals surface area contributed by atoms with Gasteiger partial charge in [-0.3, -0.25) is 0 Å². The van der Waals surface area contributed by atoms with Crippen LogP contribution in [0.25, 0.3) is 10.9 Å². The summed E-state index contributed by atoms with van der Waals surface area (Å²) < 4.78 is 29.5. The molecule has 3 aromatic rings. The third kappa shape index (κ3) is 3.62. The van der Waals surface area contributed by atoms with E-state index in [-0.39, 0.29) is 24.6 Å². The zero-order valence-corrected chi connectivity index (χ0v) is 17.4. The Balaban J connectivity index is 1.60. The summed E-state index contributed by atoms with van der Waals surface area (Å²) in [6.45, 7) is 3.57. The smallest absolute Gasteiger partial charge is 0.275 e. The third-order valence-corrected chi connectivity index (χ3v) is 6.39. The van der Waals surface area contributed by atoms with Crippen LogP contribution in [0.4, 0.5) is 20.3 Å². The van der Waals surface area contributed by atoms with E-state index in [0.717, 1.165) is 22.2 Å². The number of hydrogen-bond acceptors (Lipinski definition) is 5. The fourth-order valence-electron chi connectivity index (χ4n) is 4.65. The number of aryl methyl sites for hydroxylation is 1. The Labute approximate surface area is 180 Å². The lowest BCUT2D eigenvalue weighted by Crippen LogP contribution is -2.32. The van der Waals surface area contributed by atoms with E-state index in [4.69, 9.17) is 10.7 Å². The van der Waals surface area contributed by atoms with Crippen molar-refractivity contribution in [1.82, 2.24) is 4.98 Å². The van der Waals surface area contributed by atoms with Gasteiger partial charge in [0.05, 0.1) is 11.6 Å². The second kappa shape index (κ2) is 7.43. The molecular weight excluding hydrogens is 398 g/mol. The largest absolute Gasteiger partial charge is 0.390 e. The maximum atomic E-state index is 14.8. The van der Waals surface area contributed by atoms with Crippen LogP contribution in [-0.4, -0.2) is 41.9 Å². The summed E-state index contributed by atoms with van der Waals surface area (Å²) in [5.41, 5.74) is 9.63. The molecule has 5 nitrogen and oxygen atoms in total. The Bertz CT molecular complexity index is 1130. The van der Waals surface area contributed by atoms with Crippen LogP contribution in [0, 0.1) is 6.92 Å². The van der Waals surface area contributed by atoms with Crippen molar-refractivity contribution in [3.8, 4) is 0 Å². The van der Waals surface area contributed by atoms with Crippen LogP contribution in [0.3, 0.4) is 0 Å². The zero-order valence-electron chi connectivity index (χ0n) is 17.4. The number of anilines is 2. The van der Waals surface area contributed by atoms with E-state index in [9.17, 15) is 13.9 Å². The highest BCUT2D eigenvalue weighted by Crippen LogP contribution is 2.39. The topological polar surface area (TPSA) is 65.6 Å². The lowest BCUT2D eigenvalue weighted by molar-refractivity contribution is -0.00967. The first kappa shape index (κ1) is 20.2. The minimum atomic E-state index is -2.87. The van der Waals surface area contributed by atoms with E-state index in [1.807, 2.05) is 30.0 Å². The van der Waals surface area contributed by atoms with Crippen molar-refractivity contribution in [2.24, 2.45) is 5.73 Å². The molecule has 2 atom stereocenters. The van der Waals surface area contributed by atoms with Gasteiger partial charge in [0, 0.05) is 61.3 Å². The van der Waals surface area contributed by atoms with Crippen LogP contribution in [0.2, 0.25) is 0 Å². The first-order valence-corrected chi connectivity index (χ1v) is 10.6. The van der Waals surface area contributed by atoms with Crippen molar-refractivity contribution in [1.29, 1.82) is 0 Å². The number of benzene rings is 2. The highest BCUT2D eigenvalue weighted by atomic mass is 19.3. The lowest BCUT2D eigenvalue weighted by atomic mass is 10.0. The van der Waals surface area contributed by atoms with E-state index in [2.05, 4.69) is 11.0 Å². The summed E-state index contributed by atoms with van der Waals surface area (Å²) in [6, 6.07) is 14.4. The second-order valence-corrected chi connectivity index (χ2v) is 8.69. The van der Waals surface area contributed by atoms with Crippen LogP contribution < -0.4 is 15.5 Å². The highest BCUT2D eigenvalue weighted by molar-refractivity contribution is 5.94. The van der Waals surface area contributed by atoms with Crippen molar-refractivity contribution >= 4 is 22.4 Å². The molecule has 2 aromatic carbocycles. The molecule has 0 amide bonds. The van der Waals surface area contributed by atoms with Crippen molar-refractivity contribution < 1.29 is 13.9 Å². The van der Waals surface area contributed by atoms with E-state index in [0.29, 0.717) is 31.0 Å². The van der Waals surface area contributed by atoms with Crippen molar-refractivity contribution in [2.45, 2.75) is 38.0 Å². The molecule has 5 rings (SSSR count). The SMILES string of the molecule is Cc1ccc2nc(N3CCC(F)(F)c4ccccc4C3)cc(N3CC(N)C(O)C3)c2c1. The molecule has 3 N–H and O–H groups in total. The van der Waals surface area contributed by atoms with Gasteiger partial charge in [0.2, 0.25) is 0 Å². The number of fused-ring (bicyclic) bond motifs is 2. The van der Waals surface area contributed by atoms with Crippen LogP contribution in [0.1, 0.15) is 23.1 Å². The van der Waals surface area contributed by atoms with Crippen LogP contribution >= 0.6 is 0 Å². The Morgan fingerprint density at radius 3 is 2.68 bits per heavy atom. The molecule has 7 heteroatoms. The maximum Gasteiger partial charge on any atom is 0.275 e. The van der Waals surface area contributed by atoms with Gasteiger partial charge in [0.1, 0.15) is 5.82 Å². The Hall–Kier alpha value is -2.77. The summed E-state index contributed by atoms with van der Waals surface area (Å²) in [5, 5.41) is 11.2. The van der Waals surface area contributed by atoms with Gasteiger partial charge in [0.25, 0.3) is 5.92 Å². The van der Waals surface area contributed by atoms with Gasteiger partial charge in [-0.05, 0) is 24.6 Å². The second-order valence-electron chi connectivity index (χ2n) is 8.69. The minimum absolute atomic E-state index is 0.0998. The van der Waals surface area contributed by atoms with Gasteiger partial charge in [-0.25, -0.2) is 13.8 Å². The molecule has 2 unspecified atom stereocenters. The van der Waals surface area contributed by atoms with E-state index >= 15 is 0 Å². The molecule has 0 spiro atoms. The molecule has 0 bridgehead atoms. The summed E-state index contributed by atoms with van der Waals surface area (Å²) in [4.78, 5) is 8.83. The lowest BCUT2D eigenvalue weighted by Gasteiger charge is -2.26. The fourth-order valence-corrected chi connectivity index (χ4v) is 4.65. The average Bonchev–Trinajstić information content (AvgIpc) is 3.01. The molecule has 162 valence electrons. The maximum absolute atomic E-state index is 14.8. The summed E-state index contributed by atoms with van der Waals surface area (Å²) in [7, 11) is 0. The molecule has 0 radical (unpaired) electrons. The number of nitrogens with zero attached hydrogens (tertiary/aromatic N) is 3. The molecule has 1 fully saturated rings. The Morgan fingerprint density at radius 1 is 1.10 bits per heavy atom. The van der Waals surface area contributed by atoms with Crippen molar-refractivity contribution in [3.05, 3.63) is 65.2 Å². The normalized spacial score (nSPS) is 23.1. The highest BCUT2D eigenvalue weighted by Gasteiger charge is 2.37. The third-order valence-electron chi connectivity index (χ3n) is 6.39. The minimum Gasteiger partial charge on any atom is -0.390 e. The fraction of sp³-hybridized carbons (Fsp3) is 0.375. The Kier molecular flexibility index (Phi) is 4.83. The number of aromatic nitrogens is 1. The van der Waals surface area contributed by atoms with Crippen LogP contribution in [0.15, 0.2) is 48.5 Å². The van der Waals surface area contributed by atoms with Gasteiger partial charge in [-0.2, -0.15) is 0 Å². The van der Waals surface area contributed by atoms with Crippen molar-refractivity contribution in [2.75, 3.05) is 29.4 Å². The number of rotatable bonds is 2. The molecule has 3 heterocycles. The van der Waals surface area contributed by atoms with E-state index in [1.54, 1.807) is 18.2 Å². The number of aliphatic hydroxyl groups is 1. The standard InChI is InChI=1S/C24H26F2N4O/c1-15-6-7-20-17(10-15)21(30-13-19(27)22(31)14-30)11-23(28-20)29-9-8-24(25,26)18-5-3-2-4-16(18)12-29/h2-7,10-11,19,22,31H,8-9,12-14,27H2,1H3. The quantitative estimate of drug-likeness (QED) is 0.659. The number of aliphatic hydroxyl groups excluding tert-OH is 1. The predicted octanol–water partition coefficient (Wildman–Crippen LogP) is 3.55. The van der Waals surface area contributed by atoms with E-state index < -0.39 is 12.0 Å². The number of halogens is 2. The first-order chi connectivity index (χ1) is 14.8. The Morgan fingerprint density at radius 2 is 1.90 bits per heavy atom. The van der Waals surface area contributed by atoms with Gasteiger partial charge in [-0.15, -0.1) is 0 Å². The van der Waals surface area contributed by atoms with Gasteiger partial charge >= 0.3 is 0 Å². The monoisotopic (exact) mass is 424 g/mol. The number of hydrogen-bond donors (Lipinski definition) is 2. The van der Waals surface area contributed by atoms with Crippen molar-refractivity contribution in [3.63, 3.8) is 0 Å². The molecule has 2 aliphatic rings. The number of pyridine rings is 1. The average molecular weight is 424 g/mol. The first-order valence-electron chi connectivity index (χ1n) is 10.6. The van der Waals surface area contributed by atoms with E-state index in [1.165, 1.54) is 6.07 Å².